The first kappa shape index (κ1) is 12.6. The van der Waals surface area contributed by atoms with E-state index in [1.165, 1.54) is 31.2 Å². The van der Waals surface area contributed by atoms with Gasteiger partial charge in [0.1, 0.15) is 0 Å². The van der Waals surface area contributed by atoms with Gasteiger partial charge in [-0.15, -0.1) is 0 Å². The maximum Gasteiger partial charge on any atom is 0.0724 e. The number of nitrogens with one attached hydrogen (secondary N) is 1. The number of benzene rings is 1. The highest BCUT2D eigenvalue weighted by molar-refractivity contribution is 5.18. The molecule has 1 aromatic carbocycles. The summed E-state index contributed by atoms with van der Waals surface area (Å²) in [5, 5.41) is 3.71. The van der Waals surface area contributed by atoms with Crippen LogP contribution in [0.15, 0.2) is 30.3 Å². The third kappa shape index (κ3) is 3.30. The molecule has 1 aromatic rings. The van der Waals surface area contributed by atoms with Gasteiger partial charge in [0.25, 0.3) is 0 Å². The van der Waals surface area contributed by atoms with Crippen LogP contribution < -0.4 is 5.32 Å². The first-order valence-electron chi connectivity index (χ1n) is 6.65. The lowest BCUT2D eigenvalue weighted by Gasteiger charge is -2.33. The van der Waals surface area contributed by atoms with Crippen molar-refractivity contribution >= 4 is 0 Å². The van der Waals surface area contributed by atoms with Crippen LogP contribution in [0.4, 0.5) is 0 Å². The molecular weight excluding hydrogens is 210 g/mol. The van der Waals surface area contributed by atoms with Gasteiger partial charge in [0.05, 0.1) is 6.10 Å². The molecule has 0 unspecified atom stereocenters. The number of hydrogen-bond donors (Lipinski definition) is 1. The van der Waals surface area contributed by atoms with Crippen LogP contribution >= 0.6 is 0 Å². The van der Waals surface area contributed by atoms with E-state index in [2.05, 4.69) is 42.6 Å². The lowest BCUT2D eigenvalue weighted by atomic mass is 9.91. The second kappa shape index (κ2) is 6.18. The van der Waals surface area contributed by atoms with Crippen LogP contribution in [-0.4, -0.2) is 19.3 Å². The van der Waals surface area contributed by atoms with Gasteiger partial charge >= 0.3 is 0 Å². The monoisotopic (exact) mass is 233 g/mol. The van der Waals surface area contributed by atoms with E-state index in [9.17, 15) is 0 Å². The molecule has 0 spiro atoms. The molecule has 1 saturated carbocycles. The van der Waals surface area contributed by atoms with Crippen LogP contribution in [0.25, 0.3) is 0 Å². The van der Waals surface area contributed by atoms with E-state index in [-0.39, 0.29) is 0 Å². The summed E-state index contributed by atoms with van der Waals surface area (Å²) < 4.78 is 5.58. The SMILES string of the molecule is CO[C@H]1CCCC[C@@H]1N[C@H](C)c1ccccc1. The Morgan fingerprint density at radius 2 is 1.88 bits per heavy atom. The highest BCUT2D eigenvalue weighted by Crippen LogP contribution is 2.23. The molecule has 17 heavy (non-hydrogen) atoms. The van der Waals surface area contributed by atoms with Crippen molar-refractivity contribution in [1.29, 1.82) is 0 Å². The Labute approximate surface area is 104 Å². The van der Waals surface area contributed by atoms with E-state index >= 15 is 0 Å². The third-order valence-electron chi connectivity index (χ3n) is 3.77. The second-order valence-electron chi connectivity index (χ2n) is 4.96. The molecule has 1 N–H and O–H groups in total. The van der Waals surface area contributed by atoms with E-state index in [0.29, 0.717) is 18.2 Å². The van der Waals surface area contributed by atoms with Gasteiger partial charge in [-0.1, -0.05) is 43.2 Å². The summed E-state index contributed by atoms with van der Waals surface area (Å²) >= 11 is 0. The highest BCUT2D eigenvalue weighted by atomic mass is 16.5. The average molecular weight is 233 g/mol. The number of hydrogen-bond acceptors (Lipinski definition) is 2. The summed E-state index contributed by atoms with van der Waals surface area (Å²) in [6.45, 7) is 2.23. The summed E-state index contributed by atoms with van der Waals surface area (Å²) in [7, 11) is 1.83. The van der Waals surface area contributed by atoms with Crippen LogP contribution in [0.2, 0.25) is 0 Å². The van der Waals surface area contributed by atoms with Crippen molar-refractivity contribution in [1.82, 2.24) is 5.32 Å². The van der Waals surface area contributed by atoms with Crippen molar-refractivity contribution in [3.8, 4) is 0 Å². The fourth-order valence-corrected chi connectivity index (χ4v) is 2.73. The molecule has 94 valence electrons. The predicted molar refractivity (Wildman–Crippen MR) is 71.0 cm³/mol. The molecule has 0 aromatic heterocycles. The molecule has 0 amide bonds. The first-order chi connectivity index (χ1) is 8.31. The van der Waals surface area contributed by atoms with Gasteiger partial charge in [-0.3, -0.25) is 0 Å². The van der Waals surface area contributed by atoms with Crippen LogP contribution in [0.1, 0.15) is 44.2 Å². The molecule has 2 heteroatoms. The van der Waals surface area contributed by atoms with Crippen LogP contribution in [0.3, 0.4) is 0 Å². The Morgan fingerprint density at radius 1 is 1.18 bits per heavy atom. The summed E-state index contributed by atoms with van der Waals surface area (Å²) in [5.41, 5.74) is 1.35. The lowest BCUT2D eigenvalue weighted by Crippen LogP contribution is -2.44. The molecule has 0 bridgehead atoms. The van der Waals surface area contributed by atoms with Crippen molar-refractivity contribution in [2.24, 2.45) is 0 Å². The molecular formula is C15H23NO. The number of methoxy groups -OCH3 is 1. The zero-order valence-electron chi connectivity index (χ0n) is 10.9. The molecule has 0 saturated heterocycles. The Kier molecular flexibility index (Phi) is 4.57. The van der Waals surface area contributed by atoms with E-state index in [1.807, 2.05) is 7.11 Å². The van der Waals surface area contributed by atoms with Gasteiger partial charge in [-0.05, 0) is 25.3 Å². The van der Waals surface area contributed by atoms with Gasteiger partial charge in [-0.25, -0.2) is 0 Å². The molecule has 3 atom stereocenters. The summed E-state index contributed by atoms with van der Waals surface area (Å²) in [6.07, 6.45) is 5.43. The zero-order valence-corrected chi connectivity index (χ0v) is 10.9. The van der Waals surface area contributed by atoms with Crippen molar-refractivity contribution < 1.29 is 4.74 Å². The molecule has 2 nitrogen and oxygen atoms in total. The van der Waals surface area contributed by atoms with Gasteiger partial charge < -0.3 is 10.1 Å². The second-order valence-corrected chi connectivity index (χ2v) is 4.96. The molecule has 1 aliphatic rings. The molecule has 2 rings (SSSR count). The van der Waals surface area contributed by atoms with E-state index < -0.39 is 0 Å². The quantitative estimate of drug-likeness (QED) is 0.861. The van der Waals surface area contributed by atoms with Gasteiger partial charge in [0, 0.05) is 19.2 Å². The maximum atomic E-state index is 5.58. The van der Waals surface area contributed by atoms with Crippen molar-refractivity contribution in [2.45, 2.75) is 50.8 Å². The minimum absolute atomic E-state index is 0.384. The van der Waals surface area contributed by atoms with Gasteiger partial charge in [-0.2, -0.15) is 0 Å². The number of ether oxygens (including phenoxy) is 1. The van der Waals surface area contributed by atoms with E-state index in [4.69, 9.17) is 4.74 Å². The van der Waals surface area contributed by atoms with Crippen molar-refractivity contribution in [3.05, 3.63) is 35.9 Å². The van der Waals surface area contributed by atoms with Gasteiger partial charge in [0.2, 0.25) is 0 Å². The zero-order chi connectivity index (χ0) is 12.1. The predicted octanol–water partition coefficient (Wildman–Crippen LogP) is 3.29. The normalized spacial score (nSPS) is 26.7. The summed E-state index contributed by atoms with van der Waals surface area (Å²) in [4.78, 5) is 0. The summed E-state index contributed by atoms with van der Waals surface area (Å²) in [5.74, 6) is 0. The van der Waals surface area contributed by atoms with E-state index in [0.717, 1.165) is 0 Å². The Balaban J connectivity index is 1.95. The van der Waals surface area contributed by atoms with Gasteiger partial charge in [0.15, 0.2) is 0 Å². The third-order valence-corrected chi connectivity index (χ3v) is 3.77. The maximum absolute atomic E-state index is 5.58. The minimum atomic E-state index is 0.384. The van der Waals surface area contributed by atoms with Crippen LogP contribution in [0, 0.1) is 0 Å². The molecule has 0 heterocycles. The largest absolute Gasteiger partial charge is 0.380 e. The first-order valence-corrected chi connectivity index (χ1v) is 6.65. The van der Waals surface area contributed by atoms with Crippen LogP contribution in [0.5, 0.6) is 0 Å². The molecule has 0 aliphatic heterocycles. The van der Waals surface area contributed by atoms with E-state index in [1.54, 1.807) is 0 Å². The lowest BCUT2D eigenvalue weighted by molar-refractivity contribution is 0.0384. The topological polar surface area (TPSA) is 21.3 Å². The molecule has 1 aliphatic carbocycles. The fourth-order valence-electron chi connectivity index (χ4n) is 2.73. The Morgan fingerprint density at radius 3 is 2.59 bits per heavy atom. The molecule has 1 fully saturated rings. The average Bonchev–Trinajstić information content (AvgIpc) is 2.40. The standard InChI is InChI=1S/C15H23NO/c1-12(13-8-4-3-5-9-13)16-14-10-6-7-11-15(14)17-2/h3-5,8-9,12,14-16H,6-7,10-11H2,1-2H3/t12-,14+,15+/m1/s1. The smallest absolute Gasteiger partial charge is 0.0724 e. The minimum Gasteiger partial charge on any atom is -0.380 e. The highest BCUT2D eigenvalue weighted by Gasteiger charge is 2.25. The number of rotatable bonds is 4. The van der Waals surface area contributed by atoms with Crippen LogP contribution in [-0.2, 0) is 4.74 Å². The molecule has 0 radical (unpaired) electrons. The fraction of sp³-hybridized carbons (Fsp3) is 0.600. The van der Waals surface area contributed by atoms with Crippen molar-refractivity contribution in [3.63, 3.8) is 0 Å². The van der Waals surface area contributed by atoms with Crippen molar-refractivity contribution in [2.75, 3.05) is 7.11 Å². The Hall–Kier alpha value is -0.860. The Bertz CT molecular complexity index is 325. The summed E-state index contributed by atoms with van der Waals surface area (Å²) in [6, 6.07) is 11.5.